The van der Waals surface area contributed by atoms with Gasteiger partial charge in [0.15, 0.2) is 5.82 Å². The number of rotatable bonds is 5. The summed E-state index contributed by atoms with van der Waals surface area (Å²) in [5.41, 5.74) is 0.882. The summed E-state index contributed by atoms with van der Waals surface area (Å²) in [7, 11) is -3.50. The molecule has 0 saturated heterocycles. The third-order valence-electron chi connectivity index (χ3n) is 2.83. The molecule has 21 heavy (non-hydrogen) atoms. The standard InChI is InChI=1S/C13H12N4O2S2/c18-21(19,13-7-4-8-20-13)15-9-12-16-14-10-17(12)11-5-2-1-3-6-11/h1-8,10,15H,9H2. The summed E-state index contributed by atoms with van der Waals surface area (Å²) in [4.78, 5) is 0. The zero-order chi connectivity index (χ0) is 14.7. The highest BCUT2D eigenvalue weighted by atomic mass is 32.2. The Balaban J connectivity index is 1.80. The van der Waals surface area contributed by atoms with Crippen LogP contribution in [0.3, 0.4) is 0 Å². The lowest BCUT2D eigenvalue weighted by atomic mass is 10.3. The van der Waals surface area contributed by atoms with Crippen LogP contribution in [0.4, 0.5) is 0 Å². The number of sulfonamides is 1. The van der Waals surface area contributed by atoms with Crippen molar-refractivity contribution in [3.63, 3.8) is 0 Å². The Bertz CT molecular complexity index is 811. The second-order valence-electron chi connectivity index (χ2n) is 4.21. The number of nitrogens with zero attached hydrogens (tertiary/aromatic N) is 3. The molecule has 0 aliphatic heterocycles. The Kier molecular flexibility index (Phi) is 3.82. The van der Waals surface area contributed by atoms with Crippen molar-refractivity contribution < 1.29 is 8.42 Å². The van der Waals surface area contributed by atoms with E-state index in [1.807, 2.05) is 30.3 Å². The highest BCUT2D eigenvalue weighted by Crippen LogP contribution is 2.16. The zero-order valence-electron chi connectivity index (χ0n) is 10.9. The van der Waals surface area contributed by atoms with E-state index in [9.17, 15) is 8.42 Å². The van der Waals surface area contributed by atoms with Gasteiger partial charge in [-0.1, -0.05) is 24.3 Å². The Morgan fingerprint density at radius 3 is 2.67 bits per heavy atom. The lowest BCUT2D eigenvalue weighted by Crippen LogP contribution is -2.24. The average molecular weight is 320 g/mol. The summed E-state index contributed by atoms with van der Waals surface area (Å²) in [5.74, 6) is 0.529. The smallest absolute Gasteiger partial charge is 0.250 e. The second-order valence-corrected chi connectivity index (χ2v) is 7.15. The number of thiophene rings is 1. The van der Waals surface area contributed by atoms with Gasteiger partial charge in [-0.05, 0) is 23.6 Å². The predicted octanol–water partition coefficient (Wildman–Crippen LogP) is 1.81. The molecule has 3 aromatic rings. The fraction of sp³-hybridized carbons (Fsp3) is 0.0769. The number of hydrogen-bond acceptors (Lipinski definition) is 5. The van der Waals surface area contributed by atoms with Gasteiger partial charge in [-0.25, -0.2) is 13.1 Å². The van der Waals surface area contributed by atoms with Crippen molar-refractivity contribution >= 4 is 21.4 Å². The highest BCUT2D eigenvalue weighted by Gasteiger charge is 2.16. The van der Waals surface area contributed by atoms with E-state index in [0.29, 0.717) is 5.82 Å². The maximum Gasteiger partial charge on any atom is 0.250 e. The van der Waals surface area contributed by atoms with Crippen LogP contribution in [0.2, 0.25) is 0 Å². The van der Waals surface area contributed by atoms with Gasteiger partial charge < -0.3 is 0 Å². The van der Waals surface area contributed by atoms with E-state index in [4.69, 9.17) is 0 Å². The summed E-state index contributed by atoms with van der Waals surface area (Å²) in [6.07, 6.45) is 1.56. The molecule has 0 atom stereocenters. The van der Waals surface area contributed by atoms with Crippen LogP contribution < -0.4 is 4.72 Å². The van der Waals surface area contributed by atoms with Gasteiger partial charge in [-0.3, -0.25) is 4.57 Å². The predicted molar refractivity (Wildman–Crippen MR) is 79.7 cm³/mol. The van der Waals surface area contributed by atoms with Crippen LogP contribution in [0.25, 0.3) is 5.69 Å². The van der Waals surface area contributed by atoms with E-state index in [0.717, 1.165) is 5.69 Å². The largest absolute Gasteiger partial charge is 0.285 e. The fourth-order valence-corrected chi connectivity index (χ4v) is 3.85. The van der Waals surface area contributed by atoms with E-state index in [2.05, 4.69) is 14.9 Å². The minimum Gasteiger partial charge on any atom is -0.285 e. The highest BCUT2D eigenvalue weighted by molar-refractivity contribution is 7.91. The van der Waals surface area contributed by atoms with Gasteiger partial charge in [0.1, 0.15) is 10.5 Å². The number of nitrogens with one attached hydrogen (secondary N) is 1. The van der Waals surface area contributed by atoms with Gasteiger partial charge in [-0.15, -0.1) is 21.5 Å². The maximum absolute atomic E-state index is 12.1. The molecule has 0 aliphatic carbocycles. The first-order valence-corrected chi connectivity index (χ1v) is 8.50. The van der Waals surface area contributed by atoms with Crippen molar-refractivity contribution in [2.24, 2.45) is 0 Å². The van der Waals surface area contributed by atoms with E-state index in [1.54, 1.807) is 28.4 Å². The molecule has 0 radical (unpaired) electrons. The third kappa shape index (κ3) is 3.02. The zero-order valence-corrected chi connectivity index (χ0v) is 12.5. The van der Waals surface area contributed by atoms with E-state index in [-0.39, 0.29) is 10.8 Å². The van der Waals surface area contributed by atoms with Crippen molar-refractivity contribution in [1.29, 1.82) is 0 Å². The normalized spacial score (nSPS) is 11.6. The second kappa shape index (κ2) is 5.76. The molecule has 1 N–H and O–H groups in total. The van der Waals surface area contributed by atoms with E-state index in [1.165, 1.54) is 11.3 Å². The molecule has 8 heteroatoms. The molecule has 3 rings (SSSR count). The Labute approximate surface area is 126 Å². The molecule has 0 fully saturated rings. The van der Waals surface area contributed by atoms with Crippen molar-refractivity contribution in [3.8, 4) is 5.69 Å². The Morgan fingerprint density at radius 1 is 1.14 bits per heavy atom. The van der Waals surface area contributed by atoms with Crippen LogP contribution in [0.5, 0.6) is 0 Å². The fourth-order valence-electron chi connectivity index (χ4n) is 1.83. The SMILES string of the molecule is O=S(=O)(NCc1nncn1-c1ccccc1)c1cccs1. The summed E-state index contributed by atoms with van der Waals surface area (Å²) in [6.45, 7) is 0.0785. The topological polar surface area (TPSA) is 76.9 Å². The van der Waals surface area contributed by atoms with Crippen molar-refractivity contribution in [1.82, 2.24) is 19.5 Å². The summed E-state index contributed by atoms with van der Waals surface area (Å²) in [5, 5.41) is 9.53. The summed E-state index contributed by atoms with van der Waals surface area (Å²) >= 11 is 1.17. The number of benzene rings is 1. The van der Waals surface area contributed by atoms with Crippen LogP contribution in [0.15, 0.2) is 58.4 Å². The van der Waals surface area contributed by atoms with Crippen LogP contribution in [-0.2, 0) is 16.6 Å². The molecule has 1 aromatic carbocycles. The first-order valence-electron chi connectivity index (χ1n) is 6.14. The van der Waals surface area contributed by atoms with Crippen molar-refractivity contribution in [2.45, 2.75) is 10.8 Å². The van der Waals surface area contributed by atoms with Crippen LogP contribution in [0, 0.1) is 0 Å². The van der Waals surface area contributed by atoms with Crippen LogP contribution >= 0.6 is 11.3 Å². The van der Waals surface area contributed by atoms with Gasteiger partial charge in [0.2, 0.25) is 10.0 Å². The minimum atomic E-state index is -3.50. The molecular weight excluding hydrogens is 308 g/mol. The number of aromatic nitrogens is 3. The van der Waals surface area contributed by atoms with Gasteiger partial charge in [0, 0.05) is 5.69 Å². The average Bonchev–Trinajstić information content (AvgIpc) is 3.18. The molecule has 2 heterocycles. The molecule has 0 amide bonds. The lowest BCUT2D eigenvalue weighted by molar-refractivity contribution is 0.580. The first-order chi connectivity index (χ1) is 10.2. The van der Waals surface area contributed by atoms with E-state index < -0.39 is 10.0 Å². The van der Waals surface area contributed by atoms with Crippen molar-refractivity contribution in [2.75, 3.05) is 0 Å². The molecule has 0 spiro atoms. The lowest BCUT2D eigenvalue weighted by Gasteiger charge is -2.07. The molecule has 6 nitrogen and oxygen atoms in total. The third-order valence-corrected chi connectivity index (χ3v) is 5.63. The molecule has 2 aromatic heterocycles. The maximum atomic E-state index is 12.1. The van der Waals surface area contributed by atoms with E-state index >= 15 is 0 Å². The summed E-state index contributed by atoms with van der Waals surface area (Å²) in [6, 6.07) is 12.8. The molecule has 108 valence electrons. The quantitative estimate of drug-likeness (QED) is 0.778. The minimum absolute atomic E-state index is 0.0785. The monoisotopic (exact) mass is 320 g/mol. The Hall–Kier alpha value is -2.03. The molecular formula is C13H12N4O2S2. The molecule has 0 unspecified atom stereocenters. The number of para-hydroxylation sites is 1. The summed E-state index contributed by atoms with van der Waals surface area (Å²) < 4.78 is 28.7. The van der Waals surface area contributed by atoms with Gasteiger partial charge >= 0.3 is 0 Å². The van der Waals surface area contributed by atoms with Gasteiger partial charge in [-0.2, -0.15) is 0 Å². The van der Waals surface area contributed by atoms with Crippen molar-refractivity contribution in [3.05, 3.63) is 60.0 Å². The molecule has 0 bridgehead atoms. The van der Waals surface area contributed by atoms with Crippen LogP contribution in [0.1, 0.15) is 5.82 Å². The molecule has 0 aliphatic rings. The Morgan fingerprint density at radius 2 is 1.95 bits per heavy atom. The molecule has 0 saturated carbocycles. The first kappa shape index (κ1) is 13.9. The van der Waals surface area contributed by atoms with Crippen LogP contribution in [-0.4, -0.2) is 23.2 Å². The van der Waals surface area contributed by atoms with Gasteiger partial charge in [0.25, 0.3) is 0 Å². The number of hydrogen-bond donors (Lipinski definition) is 1. The van der Waals surface area contributed by atoms with Gasteiger partial charge in [0.05, 0.1) is 6.54 Å².